The Morgan fingerprint density at radius 1 is 1.23 bits per heavy atom. The van der Waals surface area contributed by atoms with Gasteiger partial charge in [0.2, 0.25) is 0 Å². The molecule has 1 aromatic carbocycles. The van der Waals surface area contributed by atoms with Crippen molar-refractivity contribution in [3.8, 4) is 0 Å². The lowest BCUT2D eigenvalue weighted by Crippen LogP contribution is -2.39. The highest BCUT2D eigenvalue weighted by Crippen LogP contribution is 2.37. The number of hydrogen-bond acceptors (Lipinski definition) is 3. The molecule has 10 heteroatoms. The summed E-state index contributed by atoms with van der Waals surface area (Å²) in [5.74, 6) is -0.0328. The van der Waals surface area contributed by atoms with Crippen molar-refractivity contribution in [2.24, 2.45) is 13.0 Å². The summed E-state index contributed by atoms with van der Waals surface area (Å²) in [5.41, 5.74) is 1.56. The molecule has 0 radical (unpaired) electrons. The zero-order valence-corrected chi connectivity index (χ0v) is 20.8. The van der Waals surface area contributed by atoms with Crippen molar-refractivity contribution in [3.63, 3.8) is 0 Å². The molecule has 4 rings (SSSR count). The maximum Gasteiger partial charge on any atom is 0.416 e. The van der Waals surface area contributed by atoms with Crippen LogP contribution in [0.4, 0.5) is 13.2 Å². The van der Waals surface area contributed by atoms with E-state index in [2.05, 4.69) is 4.98 Å². The average Bonchev–Trinajstić information content (AvgIpc) is 3.12. The van der Waals surface area contributed by atoms with Crippen LogP contribution in [0.2, 0.25) is 10.0 Å². The number of nitrogens with zero attached hydrogens (tertiary/aromatic N) is 3. The molecule has 0 unspecified atom stereocenters. The van der Waals surface area contributed by atoms with Gasteiger partial charge in [0.25, 0.3) is 5.91 Å². The van der Waals surface area contributed by atoms with Crippen molar-refractivity contribution in [3.05, 3.63) is 62.5 Å². The standard InChI is InChI=1S/C25H24Cl2F3N3O2/c1-14-9-17(25(28,29)30)11-20-21(14)16(13-32(20)2)10-18-19(26)12-31-23(22(18)27)24(35)33-6-3-15(4-7-33)5-8-34/h8-9,11-13,15H,3-7,10H2,1-2H3. The van der Waals surface area contributed by atoms with Gasteiger partial charge in [-0.3, -0.25) is 4.79 Å². The molecule has 0 bridgehead atoms. The first kappa shape index (κ1) is 25.5. The van der Waals surface area contributed by atoms with E-state index in [9.17, 15) is 22.8 Å². The van der Waals surface area contributed by atoms with Crippen molar-refractivity contribution < 1.29 is 22.8 Å². The first-order chi connectivity index (χ1) is 16.5. The van der Waals surface area contributed by atoms with Gasteiger partial charge in [-0.2, -0.15) is 13.2 Å². The SMILES string of the molecule is Cc1cc(C(F)(F)F)cc2c1c(Cc1c(Cl)cnc(C(=O)N3CCC(CC=O)CC3)c1Cl)cn2C. The normalized spacial score (nSPS) is 15.1. The van der Waals surface area contributed by atoms with Crippen LogP contribution in [0.5, 0.6) is 0 Å². The first-order valence-electron chi connectivity index (χ1n) is 11.2. The van der Waals surface area contributed by atoms with E-state index in [0.717, 1.165) is 36.8 Å². The van der Waals surface area contributed by atoms with Crippen molar-refractivity contribution in [1.82, 2.24) is 14.5 Å². The summed E-state index contributed by atoms with van der Waals surface area (Å²) in [4.78, 5) is 29.8. The molecule has 1 aliphatic heterocycles. The minimum atomic E-state index is -4.45. The van der Waals surface area contributed by atoms with Gasteiger partial charge in [0.1, 0.15) is 12.0 Å². The predicted octanol–water partition coefficient (Wildman–Crippen LogP) is 6.24. The van der Waals surface area contributed by atoms with Gasteiger partial charge in [-0.15, -0.1) is 0 Å². The minimum Gasteiger partial charge on any atom is -0.350 e. The highest BCUT2D eigenvalue weighted by Gasteiger charge is 2.32. The third-order valence-corrected chi connectivity index (χ3v) is 7.39. The molecular formula is C25H24Cl2F3N3O2. The number of hydrogen-bond donors (Lipinski definition) is 0. The van der Waals surface area contributed by atoms with E-state index < -0.39 is 11.7 Å². The summed E-state index contributed by atoms with van der Waals surface area (Å²) < 4.78 is 41.6. The molecule has 0 N–H and O–H groups in total. The van der Waals surface area contributed by atoms with Gasteiger partial charge >= 0.3 is 6.18 Å². The molecule has 5 nitrogen and oxygen atoms in total. The van der Waals surface area contributed by atoms with Crippen LogP contribution in [-0.4, -0.2) is 39.7 Å². The van der Waals surface area contributed by atoms with Crippen LogP contribution in [0.25, 0.3) is 10.9 Å². The zero-order valence-electron chi connectivity index (χ0n) is 19.3. The van der Waals surface area contributed by atoms with Gasteiger partial charge in [-0.05, 0) is 54.5 Å². The fraction of sp³-hybridized carbons (Fsp3) is 0.400. The number of aromatic nitrogens is 2. The number of pyridine rings is 1. The molecule has 3 aromatic rings. The Morgan fingerprint density at radius 3 is 2.54 bits per heavy atom. The second kappa shape index (κ2) is 9.82. The van der Waals surface area contributed by atoms with Gasteiger partial charge < -0.3 is 14.3 Å². The van der Waals surface area contributed by atoms with Crippen LogP contribution in [0, 0.1) is 12.8 Å². The summed E-state index contributed by atoms with van der Waals surface area (Å²) in [7, 11) is 1.68. The Kier molecular flexibility index (Phi) is 7.16. The van der Waals surface area contributed by atoms with Crippen molar-refractivity contribution in [2.75, 3.05) is 13.1 Å². The number of carbonyl (C=O) groups excluding carboxylic acids is 2. The number of halogens is 5. The molecule has 1 fully saturated rings. The Labute approximate surface area is 210 Å². The fourth-order valence-corrected chi connectivity index (χ4v) is 5.35. The lowest BCUT2D eigenvalue weighted by molar-refractivity contribution is -0.137. The van der Waals surface area contributed by atoms with Crippen LogP contribution in [-0.2, 0) is 24.4 Å². The van der Waals surface area contributed by atoms with Crippen LogP contribution in [0.1, 0.15) is 52.0 Å². The monoisotopic (exact) mass is 525 g/mol. The molecule has 1 saturated heterocycles. The predicted molar refractivity (Wildman–Crippen MR) is 129 cm³/mol. The summed E-state index contributed by atoms with van der Waals surface area (Å²) >= 11 is 13.1. The van der Waals surface area contributed by atoms with E-state index in [1.165, 1.54) is 6.20 Å². The first-order valence-corrected chi connectivity index (χ1v) is 12.0. The number of aldehydes is 1. The molecular weight excluding hydrogens is 502 g/mol. The molecule has 35 heavy (non-hydrogen) atoms. The zero-order chi connectivity index (χ0) is 25.5. The van der Waals surface area contributed by atoms with Gasteiger partial charge in [0, 0.05) is 56.3 Å². The number of alkyl halides is 3. The van der Waals surface area contributed by atoms with Crippen molar-refractivity contribution >= 4 is 46.3 Å². The number of fused-ring (bicyclic) bond motifs is 1. The summed E-state index contributed by atoms with van der Waals surface area (Å²) in [5, 5.41) is 1.10. The van der Waals surface area contributed by atoms with Crippen LogP contribution >= 0.6 is 23.2 Å². The van der Waals surface area contributed by atoms with E-state index >= 15 is 0 Å². The molecule has 0 spiro atoms. The Balaban J connectivity index is 1.66. The second-order valence-corrected chi connectivity index (χ2v) is 9.80. The molecule has 0 atom stereocenters. The van der Waals surface area contributed by atoms with Gasteiger partial charge in [-0.25, -0.2) is 4.98 Å². The van der Waals surface area contributed by atoms with Gasteiger partial charge in [0.15, 0.2) is 0 Å². The molecule has 1 aliphatic rings. The van der Waals surface area contributed by atoms with Crippen molar-refractivity contribution in [1.29, 1.82) is 0 Å². The third kappa shape index (κ3) is 5.05. The lowest BCUT2D eigenvalue weighted by atomic mass is 9.94. The maximum atomic E-state index is 13.3. The van der Waals surface area contributed by atoms with Crippen LogP contribution < -0.4 is 0 Å². The largest absolute Gasteiger partial charge is 0.416 e. The number of piperidine rings is 1. The number of amides is 1. The fourth-order valence-electron chi connectivity index (χ4n) is 4.79. The summed E-state index contributed by atoms with van der Waals surface area (Å²) in [6.45, 7) is 2.66. The molecule has 2 aromatic heterocycles. The number of rotatable bonds is 5. The number of carbonyl (C=O) groups is 2. The lowest BCUT2D eigenvalue weighted by Gasteiger charge is -2.31. The molecule has 1 amide bonds. The number of aryl methyl sites for hydroxylation is 2. The highest BCUT2D eigenvalue weighted by molar-refractivity contribution is 6.37. The smallest absolute Gasteiger partial charge is 0.350 e. The Bertz CT molecular complexity index is 1300. The quantitative estimate of drug-likeness (QED) is 0.370. The number of likely N-dealkylation sites (tertiary alicyclic amines) is 1. The minimum absolute atomic E-state index is 0.0937. The number of benzene rings is 1. The Morgan fingerprint density at radius 2 is 1.91 bits per heavy atom. The maximum absolute atomic E-state index is 13.3. The van der Waals surface area contributed by atoms with Gasteiger partial charge in [0.05, 0.1) is 15.6 Å². The van der Waals surface area contributed by atoms with Crippen LogP contribution in [0.3, 0.4) is 0 Å². The summed E-state index contributed by atoms with van der Waals surface area (Å²) in [6.07, 6.45) is 1.78. The van der Waals surface area contributed by atoms with E-state index in [-0.39, 0.29) is 34.0 Å². The second-order valence-electron chi connectivity index (χ2n) is 9.01. The Hall–Kier alpha value is -2.58. The molecule has 186 valence electrons. The van der Waals surface area contributed by atoms with Gasteiger partial charge in [-0.1, -0.05) is 23.2 Å². The van der Waals surface area contributed by atoms with Crippen molar-refractivity contribution in [2.45, 2.75) is 38.8 Å². The molecule has 0 saturated carbocycles. The third-order valence-electron chi connectivity index (χ3n) is 6.66. The summed E-state index contributed by atoms with van der Waals surface area (Å²) in [6, 6.07) is 2.26. The molecule has 3 heterocycles. The average molecular weight is 526 g/mol. The van der Waals surface area contributed by atoms with E-state index in [1.54, 1.807) is 29.6 Å². The van der Waals surface area contributed by atoms with E-state index in [4.69, 9.17) is 23.2 Å². The van der Waals surface area contributed by atoms with E-state index in [1.807, 2.05) is 0 Å². The van der Waals surface area contributed by atoms with E-state index in [0.29, 0.717) is 41.5 Å². The highest BCUT2D eigenvalue weighted by atomic mass is 35.5. The topological polar surface area (TPSA) is 55.2 Å². The van der Waals surface area contributed by atoms with Crippen LogP contribution in [0.15, 0.2) is 24.5 Å². The molecule has 0 aliphatic carbocycles.